The molecular weight excluding hydrogens is 557 g/mol. The van der Waals surface area contributed by atoms with Gasteiger partial charge in [-0.1, -0.05) is 43.4 Å². The van der Waals surface area contributed by atoms with Crippen molar-refractivity contribution < 1.29 is 23.1 Å². The second kappa shape index (κ2) is 16.9. The summed E-state index contributed by atoms with van der Waals surface area (Å²) in [4.78, 5) is 18.9. The molecule has 0 unspecified atom stereocenters. The molecule has 0 aliphatic heterocycles. The molecule has 230 valence electrons. The van der Waals surface area contributed by atoms with Crippen LogP contribution in [0.15, 0.2) is 42.7 Å². The number of aldehydes is 1. The molecule has 0 saturated heterocycles. The first-order valence-corrected chi connectivity index (χ1v) is 13.8. The lowest BCUT2D eigenvalue weighted by Crippen LogP contribution is -2.24. The topological polar surface area (TPSA) is 123 Å². The van der Waals surface area contributed by atoms with Crippen LogP contribution in [0.3, 0.4) is 0 Å². The Bertz CT molecular complexity index is 1440. The van der Waals surface area contributed by atoms with E-state index >= 15 is 0 Å². The smallest absolute Gasteiger partial charge is 0.400 e. The number of aliphatic hydroxyl groups excluding tert-OH is 1. The largest absolute Gasteiger partial charge is 0.416 e. The molecule has 2 aromatic carbocycles. The van der Waals surface area contributed by atoms with Crippen molar-refractivity contribution in [3.05, 3.63) is 76.1 Å². The summed E-state index contributed by atoms with van der Waals surface area (Å²) in [6.07, 6.45) is 3.56. The van der Waals surface area contributed by atoms with E-state index in [0.717, 1.165) is 42.8 Å². The zero-order valence-corrected chi connectivity index (χ0v) is 25.1. The second-order valence-corrected chi connectivity index (χ2v) is 9.77. The third-order valence-electron chi connectivity index (χ3n) is 6.83. The van der Waals surface area contributed by atoms with Crippen LogP contribution in [-0.4, -0.2) is 54.3 Å². The number of aliphatic hydroxyl groups is 1. The zero-order valence-electron chi connectivity index (χ0n) is 25.1. The number of halogens is 3. The lowest BCUT2D eigenvalue weighted by Gasteiger charge is -2.24. The number of nitrogens with one attached hydrogen (secondary N) is 4. The Morgan fingerprint density at radius 3 is 2.23 bits per heavy atom. The van der Waals surface area contributed by atoms with Gasteiger partial charge in [0.2, 0.25) is 0 Å². The van der Waals surface area contributed by atoms with Crippen molar-refractivity contribution in [2.24, 2.45) is 0 Å². The molecule has 1 fully saturated rings. The van der Waals surface area contributed by atoms with Gasteiger partial charge in [0.05, 0.1) is 11.1 Å². The highest BCUT2D eigenvalue weighted by Gasteiger charge is 2.32. The highest BCUT2D eigenvalue weighted by Crippen LogP contribution is 2.32. The first-order chi connectivity index (χ1) is 20.6. The maximum Gasteiger partial charge on any atom is 0.416 e. The van der Waals surface area contributed by atoms with Gasteiger partial charge in [-0.2, -0.15) is 13.2 Å². The van der Waals surface area contributed by atoms with Crippen molar-refractivity contribution in [1.82, 2.24) is 9.97 Å². The van der Waals surface area contributed by atoms with Crippen molar-refractivity contribution in [1.29, 1.82) is 5.41 Å². The molecule has 1 aliphatic carbocycles. The van der Waals surface area contributed by atoms with Crippen molar-refractivity contribution >= 4 is 29.3 Å². The number of anilines is 3. The zero-order chi connectivity index (χ0) is 32.0. The Balaban J connectivity index is 0.000000360. The first kappa shape index (κ1) is 34.8. The normalized spacial score (nSPS) is 12.7. The average Bonchev–Trinajstić information content (AvgIpc) is 3.02. The number of aryl methyl sites for hydroxylation is 2. The first-order valence-electron chi connectivity index (χ1n) is 13.8. The van der Waals surface area contributed by atoms with E-state index in [9.17, 15) is 18.0 Å². The fraction of sp³-hybridized carbons (Fsp3) is 0.375. The standard InChI is InChI=1S/C22H28N6.C9H7F3O.CH4O/c1-15-9-11-18(24-2)13-16(15)10-12-19(23)20-21(25-3)26-14-27-22(20)28-17-7-5-4-6-8-17;1-6-2-3-7(5-13)4-8(6)9(10,11)12;1-2/h9,11,13-14,17,23-24H,4-8H2,1-3H3,(H2,25,26,27,28);2-5H,1H3;2H,1H3. The van der Waals surface area contributed by atoms with Crippen LogP contribution in [0.2, 0.25) is 0 Å². The third-order valence-corrected chi connectivity index (χ3v) is 6.83. The van der Waals surface area contributed by atoms with Crippen LogP contribution < -0.4 is 16.0 Å². The van der Waals surface area contributed by atoms with E-state index in [-0.39, 0.29) is 16.8 Å². The Kier molecular flexibility index (Phi) is 13.6. The molecule has 1 aliphatic rings. The molecule has 5 N–H and O–H groups in total. The van der Waals surface area contributed by atoms with E-state index in [2.05, 4.69) is 37.8 Å². The van der Waals surface area contributed by atoms with Gasteiger partial charge in [-0.15, -0.1) is 0 Å². The van der Waals surface area contributed by atoms with Crippen LogP contribution in [0.5, 0.6) is 0 Å². The van der Waals surface area contributed by atoms with E-state index in [1.807, 2.05) is 32.2 Å². The van der Waals surface area contributed by atoms with Gasteiger partial charge in [-0.05, 0) is 61.9 Å². The summed E-state index contributed by atoms with van der Waals surface area (Å²) in [7, 11) is 4.69. The quantitative estimate of drug-likeness (QED) is 0.126. The Morgan fingerprint density at radius 2 is 1.63 bits per heavy atom. The average molecular weight is 597 g/mol. The van der Waals surface area contributed by atoms with E-state index in [4.69, 9.17) is 10.5 Å². The summed E-state index contributed by atoms with van der Waals surface area (Å²) >= 11 is 0. The number of benzene rings is 2. The molecule has 3 aromatic rings. The predicted molar refractivity (Wildman–Crippen MR) is 166 cm³/mol. The maximum absolute atomic E-state index is 12.2. The molecule has 1 heterocycles. The number of hydrogen-bond acceptors (Lipinski definition) is 8. The minimum Gasteiger partial charge on any atom is -0.400 e. The van der Waals surface area contributed by atoms with Crippen molar-refractivity contribution in [2.45, 2.75) is 58.2 Å². The van der Waals surface area contributed by atoms with Gasteiger partial charge in [0.25, 0.3) is 0 Å². The fourth-order valence-corrected chi connectivity index (χ4v) is 4.48. The lowest BCUT2D eigenvalue weighted by molar-refractivity contribution is -0.138. The van der Waals surface area contributed by atoms with Crippen molar-refractivity contribution in [2.75, 3.05) is 37.2 Å². The summed E-state index contributed by atoms with van der Waals surface area (Å²) in [6.45, 7) is 3.38. The molecule has 0 spiro atoms. The number of nitrogens with zero attached hydrogens (tertiary/aromatic N) is 2. The molecule has 0 bridgehead atoms. The molecule has 0 atom stereocenters. The number of hydrogen-bond donors (Lipinski definition) is 5. The minimum absolute atomic E-state index is 0.0397. The second-order valence-electron chi connectivity index (χ2n) is 9.77. The summed E-state index contributed by atoms with van der Waals surface area (Å²) in [6, 6.07) is 9.92. The number of alkyl halides is 3. The molecule has 0 radical (unpaired) electrons. The number of rotatable bonds is 6. The summed E-state index contributed by atoms with van der Waals surface area (Å²) in [5.41, 5.74) is 3.23. The Hall–Kier alpha value is -4.43. The highest BCUT2D eigenvalue weighted by molar-refractivity contribution is 6.16. The van der Waals surface area contributed by atoms with E-state index in [1.165, 1.54) is 44.6 Å². The molecule has 4 rings (SSSR count). The van der Waals surface area contributed by atoms with Crippen LogP contribution >= 0.6 is 0 Å². The predicted octanol–water partition coefficient (Wildman–Crippen LogP) is 6.47. The van der Waals surface area contributed by atoms with Gasteiger partial charge in [-0.25, -0.2) is 9.97 Å². The van der Waals surface area contributed by atoms with Gasteiger partial charge in [0, 0.05) is 44.1 Å². The van der Waals surface area contributed by atoms with Gasteiger partial charge in [0.15, 0.2) is 0 Å². The Labute approximate surface area is 251 Å². The van der Waals surface area contributed by atoms with Crippen LogP contribution in [0, 0.1) is 31.1 Å². The molecular formula is C32H39F3N6O2. The van der Waals surface area contributed by atoms with Crippen LogP contribution in [0.1, 0.15) is 70.3 Å². The van der Waals surface area contributed by atoms with Gasteiger partial charge in [0.1, 0.15) is 30.0 Å². The highest BCUT2D eigenvalue weighted by atomic mass is 19.4. The summed E-state index contributed by atoms with van der Waals surface area (Å²) in [5, 5.41) is 25.3. The van der Waals surface area contributed by atoms with E-state index in [0.29, 0.717) is 29.5 Å². The van der Waals surface area contributed by atoms with Crippen LogP contribution in [-0.2, 0) is 6.18 Å². The number of aromatic nitrogens is 2. The van der Waals surface area contributed by atoms with Crippen molar-refractivity contribution in [3.8, 4) is 11.8 Å². The van der Waals surface area contributed by atoms with Crippen molar-refractivity contribution in [3.63, 3.8) is 0 Å². The van der Waals surface area contributed by atoms with Gasteiger partial charge >= 0.3 is 6.18 Å². The van der Waals surface area contributed by atoms with E-state index in [1.54, 1.807) is 7.05 Å². The van der Waals surface area contributed by atoms with Gasteiger partial charge in [-0.3, -0.25) is 10.2 Å². The molecule has 0 amide bonds. The minimum atomic E-state index is -4.39. The van der Waals surface area contributed by atoms with Crippen LogP contribution in [0.4, 0.5) is 30.5 Å². The molecule has 1 aromatic heterocycles. The number of carbonyl (C=O) groups excluding carboxylic acids is 1. The van der Waals surface area contributed by atoms with Gasteiger partial charge < -0.3 is 21.1 Å². The molecule has 1 saturated carbocycles. The molecule has 11 heteroatoms. The van der Waals surface area contributed by atoms with E-state index < -0.39 is 11.7 Å². The maximum atomic E-state index is 12.2. The molecule has 43 heavy (non-hydrogen) atoms. The summed E-state index contributed by atoms with van der Waals surface area (Å²) in [5.74, 6) is 7.45. The Morgan fingerprint density at radius 1 is 0.977 bits per heavy atom. The molecule has 8 nitrogen and oxygen atoms in total. The van der Waals surface area contributed by atoms with Crippen LogP contribution in [0.25, 0.3) is 0 Å². The lowest BCUT2D eigenvalue weighted by atomic mass is 9.95. The third kappa shape index (κ3) is 10.1. The fourth-order valence-electron chi connectivity index (χ4n) is 4.48. The number of carbonyl (C=O) groups is 1. The SMILES string of the molecule is CNc1ccc(C)c(C#CC(=N)c2c(NC)ncnc2NC2CCCCC2)c1.CO.Cc1ccc(C=O)cc1C(F)(F)F. The monoisotopic (exact) mass is 596 g/mol. The summed E-state index contributed by atoms with van der Waals surface area (Å²) < 4.78 is 36.7.